The first kappa shape index (κ1) is 29.0. The van der Waals surface area contributed by atoms with Gasteiger partial charge in [-0.25, -0.2) is 17.8 Å². The molecule has 5 aromatic heterocycles. The van der Waals surface area contributed by atoms with Crippen LogP contribution >= 0.6 is 0 Å². The zero-order valence-corrected chi connectivity index (χ0v) is 25.0. The lowest BCUT2D eigenvalue weighted by molar-refractivity contribution is 0.102. The molecule has 0 saturated heterocycles. The van der Waals surface area contributed by atoms with E-state index < -0.39 is 21.0 Å². The number of pyridine rings is 3. The fourth-order valence-electron chi connectivity index (χ4n) is 5.30. The number of halogens is 1. The van der Waals surface area contributed by atoms with Gasteiger partial charge in [-0.3, -0.25) is 19.9 Å². The zero-order chi connectivity index (χ0) is 32.0. The average Bonchev–Trinajstić information content (AvgIpc) is 3.68. The van der Waals surface area contributed by atoms with Crippen molar-refractivity contribution in [3.8, 4) is 33.8 Å². The van der Waals surface area contributed by atoms with E-state index in [4.69, 9.17) is 5.73 Å². The number of benzene rings is 2. The van der Waals surface area contributed by atoms with Gasteiger partial charge in [0.05, 0.1) is 23.3 Å². The molecule has 0 fully saturated rings. The number of amides is 1. The topological polar surface area (TPSA) is 172 Å². The molecule has 0 radical (unpaired) electrons. The quantitative estimate of drug-likeness (QED) is 0.175. The predicted octanol–water partition coefficient (Wildman–Crippen LogP) is 5.62. The van der Waals surface area contributed by atoms with Crippen molar-refractivity contribution in [3.63, 3.8) is 0 Å². The lowest BCUT2D eigenvalue weighted by atomic mass is 10.0. The van der Waals surface area contributed by atoms with E-state index in [1.807, 2.05) is 24.3 Å². The van der Waals surface area contributed by atoms with Crippen molar-refractivity contribution >= 4 is 43.4 Å². The first-order valence-corrected chi connectivity index (χ1v) is 16.0. The molecule has 0 aliphatic rings. The second-order valence-electron chi connectivity index (χ2n) is 10.8. The number of nitrogens with two attached hydrogens (primary N) is 1. The van der Waals surface area contributed by atoms with E-state index in [1.54, 1.807) is 55.1 Å². The van der Waals surface area contributed by atoms with Crippen LogP contribution in [0.15, 0.2) is 97.6 Å². The highest BCUT2D eigenvalue weighted by molar-refractivity contribution is 7.90. The smallest absolute Gasteiger partial charge is 0.255 e. The molecule has 5 N–H and O–H groups in total. The monoisotopic (exact) mass is 632 g/mol. The van der Waals surface area contributed by atoms with Gasteiger partial charge in [-0.2, -0.15) is 5.10 Å². The summed E-state index contributed by atoms with van der Waals surface area (Å²) in [5.41, 5.74) is 11.9. The van der Waals surface area contributed by atoms with E-state index in [0.717, 1.165) is 28.8 Å². The Morgan fingerprint density at radius 2 is 1.70 bits per heavy atom. The van der Waals surface area contributed by atoms with Crippen molar-refractivity contribution in [3.05, 3.63) is 115 Å². The Morgan fingerprint density at radius 3 is 2.50 bits per heavy atom. The number of H-pyrrole nitrogens is 2. The lowest BCUT2D eigenvalue weighted by Gasteiger charge is -2.12. The summed E-state index contributed by atoms with van der Waals surface area (Å²) in [7, 11) is -3.66. The minimum absolute atomic E-state index is 0.127. The number of nitrogens with one attached hydrogen (secondary N) is 3. The number of aromatic nitrogens is 6. The van der Waals surface area contributed by atoms with Gasteiger partial charge in [0.2, 0.25) is 0 Å². The summed E-state index contributed by atoms with van der Waals surface area (Å²) >= 11 is 0. The van der Waals surface area contributed by atoms with Gasteiger partial charge in [0.15, 0.2) is 15.5 Å². The van der Waals surface area contributed by atoms with E-state index in [1.165, 1.54) is 12.1 Å². The number of hydrogen-bond acceptors (Lipinski definition) is 8. The molecule has 1 unspecified atom stereocenters. The van der Waals surface area contributed by atoms with Gasteiger partial charge in [0.1, 0.15) is 16.9 Å². The summed E-state index contributed by atoms with van der Waals surface area (Å²) < 4.78 is 38.8. The van der Waals surface area contributed by atoms with Crippen LogP contribution in [-0.2, 0) is 9.84 Å². The Kier molecular flexibility index (Phi) is 7.11. The average molecular weight is 633 g/mol. The summed E-state index contributed by atoms with van der Waals surface area (Å²) in [6, 6.07) is 20.2. The van der Waals surface area contributed by atoms with Crippen molar-refractivity contribution in [1.82, 2.24) is 30.1 Å². The van der Waals surface area contributed by atoms with Gasteiger partial charge >= 0.3 is 0 Å². The number of sulfone groups is 1. The second kappa shape index (κ2) is 11.3. The van der Waals surface area contributed by atoms with Gasteiger partial charge in [-0.1, -0.05) is 18.2 Å². The molecule has 0 spiro atoms. The molecule has 5 heterocycles. The first-order valence-electron chi connectivity index (χ1n) is 14.0. The van der Waals surface area contributed by atoms with Crippen LogP contribution in [0.3, 0.4) is 0 Å². The molecule has 228 valence electrons. The number of nitrogens with zero attached hydrogens (tertiary/aromatic N) is 4. The highest BCUT2D eigenvalue weighted by atomic mass is 32.2. The Balaban J connectivity index is 1.25. The fraction of sp³-hybridized carbons (Fsp3) is 0.0606. The predicted molar refractivity (Wildman–Crippen MR) is 174 cm³/mol. The summed E-state index contributed by atoms with van der Waals surface area (Å²) in [5.74, 6) is -0.873. The minimum atomic E-state index is -3.66. The van der Waals surface area contributed by atoms with E-state index in [2.05, 4.69) is 35.5 Å². The molecule has 2 aromatic carbocycles. The Bertz CT molecular complexity index is 2390. The molecule has 1 atom stereocenters. The molecule has 0 aliphatic heterocycles. The number of anilines is 1. The Morgan fingerprint density at radius 1 is 0.891 bits per heavy atom. The van der Waals surface area contributed by atoms with Crippen LogP contribution in [0.2, 0.25) is 0 Å². The maximum absolute atomic E-state index is 14.7. The van der Waals surface area contributed by atoms with Crippen molar-refractivity contribution in [2.45, 2.75) is 5.37 Å². The standard InChI is InChI=1S/C33H25FN8O3S/c1-46(44,45)31(35)20-9-19(10-23(34)11-20)29-25-14-28(40-27(25)7-8-37-29)30-26-13-22(16-38-32(26)42-41-30)21-12-24(17-36-15-21)39-33(43)18-5-3-2-4-6-18/h2-17,31,40H,35H2,1H3,(H,39,43)(H,38,41,42). The zero-order valence-electron chi connectivity index (χ0n) is 24.2. The lowest BCUT2D eigenvalue weighted by Crippen LogP contribution is -2.20. The molecule has 11 nitrogen and oxygen atoms in total. The molecule has 13 heteroatoms. The Labute approximate surface area is 261 Å². The summed E-state index contributed by atoms with van der Waals surface area (Å²) in [6.07, 6.45) is 7.54. The van der Waals surface area contributed by atoms with Crippen molar-refractivity contribution in [1.29, 1.82) is 0 Å². The summed E-state index contributed by atoms with van der Waals surface area (Å²) in [6.45, 7) is 0. The molecule has 1 amide bonds. The number of hydrogen-bond donors (Lipinski definition) is 4. The number of rotatable bonds is 7. The van der Waals surface area contributed by atoms with Crippen LogP contribution in [0.5, 0.6) is 0 Å². The molecule has 7 aromatic rings. The summed E-state index contributed by atoms with van der Waals surface area (Å²) in [4.78, 5) is 29.4. The van der Waals surface area contributed by atoms with Gasteiger partial charge in [0.25, 0.3) is 5.91 Å². The second-order valence-corrected chi connectivity index (χ2v) is 13.0. The molecule has 7 rings (SSSR count). The third kappa shape index (κ3) is 5.49. The van der Waals surface area contributed by atoms with Crippen molar-refractivity contribution < 1.29 is 17.6 Å². The maximum Gasteiger partial charge on any atom is 0.255 e. The molecule has 0 aliphatic carbocycles. The fourth-order valence-corrected chi connectivity index (χ4v) is 5.93. The number of carbonyl (C=O) groups is 1. The van der Waals surface area contributed by atoms with Gasteiger partial charge in [0, 0.05) is 63.4 Å². The summed E-state index contributed by atoms with van der Waals surface area (Å²) in [5, 5.41) is 10.4. The minimum Gasteiger partial charge on any atom is -0.353 e. The van der Waals surface area contributed by atoms with Gasteiger partial charge in [-0.05, 0) is 60.2 Å². The van der Waals surface area contributed by atoms with Crippen LogP contribution < -0.4 is 11.1 Å². The van der Waals surface area contributed by atoms with Crippen LogP contribution in [-0.4, -0.2) is 50.7 Å². The van der Waals surface area contributed by atoms with Gasteiger partial charge < -0.3 is 16.0 Å². The van der Waals surface area contributed by atoms with Gasteiger partial charge in [-0.15, -0.1) is 0 Å². The first-order chi connectivity index (χ1) is 22.1. The third-order valence-corrected chi connectivity index (χ3v) is 8.76. The number of carbonyl (C=O) groups excluding carboxylic acids is 1. The largest absolute Gasteiger partial charge is 0.353 e. The van der Waals surface area contributed by atoms with E-state index in [0.29, 0.717) is 50.4 Å². The molecular formula is C33H25FN8O3S. The van der Waals surface area contributed by atoms with Crippen LogP contribution in [0.25, 0.3) is 55.7 Å². The highest BCUT2D eigenvalue weighted by Crippen LogP contribution is 2.35. The van der Waals surface area contributed by atoms with Crippen molar-refractivity contribution in [2.24, 2.45) is 5.73 Å². The van der Waals surface area contributed by atoms with Crippen molar-refractivity contribution in [2.75, 3.05) is 11.6 Å². The highest BCUT2D eigenvalue weighted by Gasteiger charge is 2.21. The molecular weight excluding hydrogens is 607 g/mol. The maximum atomic E-state index is 14.7. The SMILES string of the molecule is CS(=O)(=O)C(N)c1cc(F)cc(-c2nccc3[nH]c(-c4n[nH]c5ncc(-c6cncc(NC(=O)c7ccccc7)c6)cc45)cc23)c1. The molecule has 0 bridgehead atoms. The normalized spacial score (nSPS) is 12.4. The van der Waals surface area contributed by atoms with Crippen LogP contribution in [0, 0.1) is 5.82 Å². The van der Waals surface area contributed by atoms with Crippen LogP contribution in [0.1, 0.15) is 21.3 Å². The Hall–Kier alpha value is -5.79. The van der Waals surface area contributed by atoms with E-state index in [9.17, 15) is 17.6 Å². The number of aromatic amines is 2. The third-order valence-electron chi connectivity index (χ3n) is 7.57. The van der Waals surface area contributed by atoms with Crippen LogP contribution in [0.4, 0.5) is 10.1 Å². The van der Waals surface area contributed by atoms with E-state index >= 15 is 0 Å². The van der Waals surface area contributed by atoms with E-state index in [-0.39, 0.29) is 11.5 Å². The molecule has 46 heavy (non-hydrogen) atoms. The number of fused-ring (bicyclic) bond motifs is 2. The molecule has 0 saturated carbocycles.